The monoisotopic (exact) mass is 148 g/mol. The molecule has 0 amide bonds. The summed E-state index contributed by atoms with van der Waals surface area (Å²) in [5, 5.41) is 2.27. The van der Waals surface area contributed by atoms with E-state index in [0.717, 1.165) is 6.21 Å². The average molecular weight is 148 g/mol. The van der Waals surface area contributed by atoms with Crippen LogP contribution in [0.4, 0.5) is 8.78 Å². The number of aliphatic imine (C=N–C) groups is 1. The molecule has 56 valence electrons. The molecule has 0 fully saturated rings. The fourth-order valence-corrected chi connectivity index (χ4v) is 0.621. The molecule has 1 rings (SSSR count). The molecule has 0 aromatic rings. The van der Waals surface area contributed by atoms with Crippen LogP contribution >= 0.6 is 0 Å². The summed E-state index contributed by atoms with van der Waals surface area (Å²) in [5.74, 6) is -0.267. The molecular weight excluding hydrogens is 142 g/mol. The van der Waals surface area contributed by atoms with Crippen LogP contribution < -0.4 is 5.32 Å². The predicted octanol–water partition coefficient (Wildman–Crippen LogP) is -0.179. The van der Waals surface area contributed by atoms with Crippen molar-refractivity contribution in [3.63, 3.8) is 0 Å². The van der Waals surface area contributed by atoms with Gasteiger partial charge in [0, 0.05) is 0 Å². The van der Waals surface area contributed by atoms with Gasteiger partial charge in [0.1, 0.15) is 0 Å². The van der Waals surface area contributed by atoms with E-state index < -0.39 is 12.6 Å². The van der Waals surface area contributed by atoms with Crippen LogP contribution in [0.1, 0.15) is 0 Å². The van der Waals surface area contributed by atoms with Crippen LogP contribution in [0.25, 0.3) is 0 Å². The number of rotatable bonds is 1. The number of carbonyl (C=O) groups is 1. The van der Waals surface area contributed by atoms with Crippen molar-refractivity contribution in [3.05, 3.63) is 0 Å². The van der Waals surface area contributed by atoms with Crippen LogP contribution in [-0.4, -0.2) is 31.1 Å². The summed E-state index contributed by atoms with van der Waals surface area (Å²) < 4.78 is 23.5. The molecule has 0 aromatic heterocycles. The van der Waals surface area contributed by atoms with Crippen LogP contribution in [0.2, 0.25) is 0 Å². The number of alkyl halides is 2. The van der Waals surface area contributed by atoms with Crippen molar-refractivity contribution < 1.29 is 13.6 Å². The van der Waals surface area contributed by atoms with Crippen LogP contribution in [0, 0.1) is 0 Å². The lowest BCUT2D eigenvalue weighted by Gasteiger charge is -2.15. The first-order valence-corrected chi connectivity index (χ1v) is 2.77. The molecule has 0 saturated carbocycles. The Labute approximate surface area is 56.1 Å². The van der Waals surface area contributed by atoms with Gasteiger partial charge in [-0.3, -0.25) is 15.1 Å². The Morgan fingerprint density at radius 1 is 1.80 bits per heavy atom. The van der Waals surface area contributed by atoms with Crippen molar-refractivity contribution in [2.24, 2.45) is 4.99 Å². The van der Waals surface area contributed by atoms with Gasteiger partial charge in [-0.05, 0) is 0 Å². The molecule has 1 N–H and O–H groups in total. The van der Waals surface area contributed by atoms with Gasteiger partial charge in [0.2, 0.25) is 0 Å². The maximum absolute atomic E-state index is 11.8. The molecule has 1 atom stereocenters. The molecule has 5 heteroatoms. The number of Topliss-reactive ketones (excluding diaryl/α,β-unsaturated/α-hetero) is 1. The van der Waals surface area contributed by atoms with E-state index >= 15 is 0 Å². The number of nitrogens with zero attached hydrogens (tertiary/aromatic N) is 1. The molecule has 0 radical (unpaired) electrons. The highest BCUT2D eigenvalue weighted by Crippen LogP contribution is 2.03. The van der Waals surface area contributed by atoms with Gasteiger partial charge in [-0.15, -0.1) is 0 Å². The zero-order valence-electron chi connectivity index (χ0n) is 5.05. The molecule has 1 heterocycles. The highest BCUT2D eigenvalue weighted by molar-refractivity contribution is 6.28. The van der Waals surface area contributed by atoms with Crippen molar-refractivity contribution in [2.75, 3.05) is 6.54 Å². The van der Waals surface area contributed by atoms with Gasteiger partial charge in [0.05, 0.1) is 12.8 Å². The maximum atomic E-state index is 11.8. The summed E-state index contributed by atoms with van der Waals surface area (Å²) in [7, 11) is 0. The molecule has 1 aliphatic rings. The summed E-state index contributed by atoms with van der Waals surface area (Å²) in [6.07, 6.45) is -2.80. The second-order valence-corrected chi connectivity index (χ2v) is 1.90. The average Bonchev–Trinajstić information content (AvgIpc) is 1.88. The summed E-state index contributed by atoms with van der Waals surface area (Å²) in [5.41, 5.74) is 0. The molecule has 0 saturated heterocycles. The van der Waals surface area contributed by atoms with Crippen LogP contribution in [0.15, 0.2) is 4.99 Å². The normalized spacial score (nSPS) is 25.9. The molecule has 0 aromatic carbocycles. The Morgan fingerprint density at radius 3 is 2.90 bits per heavy atom. The minimum Gasteiger partial charge on any atom is -0.292 e. The molecule has 0 spiro atoms. The third-order valence-corrected chi connectivity index (χ3v) is 1.10. The van der Waals surface area contributed by atoms with Gasteiger partial charge in [-0.1, -0.05) is 0 Å². The Kier molecular flexibility index (Phi) is 2.06. The maximum Gasteiger partial charge on any atom is 0.273 e. The number of ketones is 1. The lowest BCUT2D eigenvalue weighted by molar-refractivity contribution is -0.112. The van der Waals surface area contributed by atoms with Crippen LogP contribution in [0.5, 0.6) is 0 Å². The Morgan fingerprint density at radius 2 is 2.50 bits per heavy atom. The summed E-state index contributed by atoms with van der Waals surface area (Å²) in [4.78, 5) is 13.6. The number of carbonyl (C=O) groups excluding carboxylic acids is 1. The van der Waals surface area contributed by atoms with E-state index in [4.69, 9.17) is 0 Å². The predicted molar refractivity (Wildman–Crippen MR) is 31.3 cm³/mol. The van der Waals surface area contributed by atoms with Gasteiger partial charge in [0.15, 0.2) is 11.9 Å². The molecule has 0 aliphatic carbocycles. The highest BCUT2D eigenvalue weighted by Gasteiger charge is 2.21. The zero-order chi connectivity index (χ0) is 7.56. The van der Waals surface area contributed by atoms with Gasteiger partial charge in [0.25, 0.3) is 6.43 Å². The standard InChI is InChI=1S/C5H6F2N2O/c6-4(7)5-8-1-3(10)2-9-5/h1,4-5,9H,2H2. The topological polar surface area (TPSA) is 41.5 Å². The zero-order valence-corrected chi connectivity index (χ0v) is 5.05. The molecule has 3 nitrogen and oxygen atoms in total. The van der Waals surface area contributed by atoms with E-state index in [-0.39, 0.29) is 12.3 Å². The van der Waals surface area contributed by atoms with Crippen LogP contribution in [0.3, 0.4) is 0 Å². The second kappa shape index (κ2) is 2.83. The number of halogens is 2. The Hall–Kier alpha value is -0.840. The summed E-state index contributed by atoms with van der Waals surface area (Å²) in [6, 6.07) is 0. The fourth-order valence-electron chi connectivity index (χ4n) is 0.621. The van der Waals surface area contributed by atoms with E-state index in [1.54, 1.807) is 0 Å². The van der Waals surface area contributed by atoms with Crippen molar-refractivity contribution >= 4 is 12.0 Å². The Bertz CT molecular complexity index is 169. The molecule has 1 unspecified atom stereocenters. The van der Waals surface area contributed by atoms with E-state index in [0.29, 0.717) is 0 Å². The number of hydrogen-bond donors (Lipinski definition) is 1. The summed E-state index contributed by atoms with van der Waals surface area (Å²) >= 11 is 0. The van der Waals surface area contributed by atoms with Crippen molar-refractivity contribution in [3.8, 4) is 0 Å². The minimum atomic E-state index is -2.54. The molecular formula is C5H6F2N2O. The van der Waals surface area contributed by atoms with Crippen molar-refractivity contribution in [1.29, 1.82) is 0 Å². The third-order valence-electron chi connectivity index (χ3n) is 1.10. The smallest absolute Gasteiger partial charge is 0.273 e. The minimum absolute atomic E-state index is 0.0431. The van der Waals surface area contributed by atoms with Gasteiger partial charge in [-0.25, -0.2) is 8.78 Å². The summed E-state index contributed by atoms with van der Waals surface area (Å²) in [6.45, 7) is -0.0431. The number of nitrogens with one attached hydrogen (secondary N) is 1. The van der Waals surface area contributed by atoms with Crippen molar-refractivity contribution in [2.45, 2.75) is 12.6 Å². The SMILES string of the molecule is O=C1C=NC(C(F)F)NC1. The first-order chi connectivity index (χ1) is 4.70. The van der Waals surface area contributed by atoms with E-state index in [1.807, 2.05) is 0 Å². The molecule has 1 aliphatic heterocycles. The van der Waals surface area contributed by atoms with E-state index in [1.165, 1.54) is 0 Å². The second-order valence-electron chi connectivity index (χ2n) is 1.90. The van der Waals surface area contributed by atoms with E-state index in [9.17, 15) is 13.6 Å². The lowest BCUT2D eigenvalue weighted by Crippen LogP contribution is -2.41. The largest absolute Gasteiger partial charge is 0.292 e. The highest BCUT2D eigenvalue weighted by atomic mass is 19.3. The first-order valence-electron chi connectivity index (χ1n) is 2.77. The molecule has 10 heavy (non-hydrogen) atoms. The Balaban J connectivity index is 2.53. The number of hydrogen-bond acceptors (Lipinski definition) is 3. The first kappa shape index (κ1) is 7.27. The lowest BCUT2D eigenvalue weighted by atomic mass is 10.3. The fraction of sp³-hybridized carbons (Fsp3) is 0.600. The van der Waals surface area contributed by atoms with Gasteiger partial charge in [-0.2, -0.15) is 0 Å². The van der Waals surface area contributed by atoms with Crippen LogP contribution in [-0.2, 0) is 4.79 Å². The van der Waals surface area contributed by atoms with Gasteiger partial charge < -0.3 is 0 Å². The quantitative estimate of drug-likeness (QED) is 0.560. The van der Waals surface area contributed by atoms with Gasteiger partial charge >= 0.3 is 0 Å². The third kappa shape index (κ3) is 1.57. The van der Waals surface area contributed by atoms with E-state index in [2.05, 4.69) is 10.3 Å². The molecule has 0 bridgehead atoms. The van der Waals surface area contributed by atoms with Crippen molar-refractivity contribution in [1.82, 2.24) is 5.32 Å².